The monoisotopic (exact) mass is 306 g/mol. The molecular weight excluding hydrogens is 288 g/mol. The fourth-order valence-electron chi connectivity index (χ4n) is 1.72. The quantitative estimate of drug-likeness (QED) is 0.762. The Hall–Kier alpha value is -1.86. The zero-order chi connectivity index (χ0) is 15.1. The lowest BCUT2D eigenvalue weighted by molar-refractivity contribution is -0.120. The van der Waals surface area contributed by atoms with Crippen LogP contribution in [0.3, 0.4) is 0 Å². The van der Waals surface area contributed by atoms with Crippen molar-refractivity contribution >= 4 is 17.7 Å². The minimum Gasteiger partial charge on any atom is -0.380 e. The molecule has 1 atom stereocenters. The first-order valence-corrected chi connectivity index (χ1v) is 7.43. The van der Waals surface area contributed by atoms with Crippen molar-refractivity contribution in [3.05, 3.63) is 41.7 Å². The summed E-state index contributed by atoms with van der Waals surface area (Å²) in [6.45, 7) is 2.94. The number of carbonyl (C=O) groups is 1. The molecule has 0 radical (unpaired) electrons. The summed E-state index contributed by atoms with van der Waals surface area (Å²) in [4.78, 5) is 16.0. The molecule has 0 saturated heterocycles. The summed E-state index contributed by atoms with van der Waals surface area (Å²) in [6, 6.07) is 7.97. The molecule has 1 amide bonds. The Morgan fingerprint density at radius 2 is 2.10 bits per heavy atom. The second-order valence-electron chi connectivity index (χ2n) is 4.52. The van der Waals surface area contributed by atoms with Gasteiger partial charge in [-0.2, -0.15) is 5.10 Å². The van der Waals surface area contributed by atoms with E-state index in [1.165, 1.54) is 18.1 Å². The number of benzene rings is 1. The minimum absolute atomic E-state index is 0.0302. The van der Waals surface area contributed by atoms with E-state index in [9.17, 15) is 4.79 Å². The summed E-state index contributed by atoms with van der Waals surface area (Å²) in [5.41, 5.74) is 2.17. The lowest BCUT2D eigenvalue weighted by atomic mass is 10.1. The van der Waals surface area contributed by atoms with Crippen molar-refractivity contribution in [1.82, 2.24) is 20.5 Å². The minimum atomic E-state index is -0.231. The molecule has 0 aliphatic rings. The Balaban J connectivity index is 1.80. The average Bonchev–Trinajstić information content (AvgIpc) is 2.99. The molecule has 1 unspecified atom stereocenters. The van der Waals surface area contributed by atoms with Crippen LogP contribution in [0.5, 0.6) is 0 Å². The molecule has 2 rings (SSSR count). The molecule has 0 aliphatic carbocycles. The largest absolute Gasteiger partial charge is 0.380 e. The third-order valence-electron chi connectivity index (χ3n) is 2.85. The highest BCUT2D eigenvalue weighted by Gasteiger charge is 2.15. The number of hydrogen-bond acceptors (Lipinski definition) is 5. The van der Waals surface area contributed by atoms with Crippen LogP contribution < -0.4 is 5.32 Å². The van der Waals surface area contributed by atoms with Gasteiger partial charge in [-0.05, 0) is 18.1 Å². The Bertz CT molecular complexity index is 557. The molecule has 0 spiro atoms. The maximum atomic E-state index is 12.0. The van der Waals surface area contributed by atoms with Gasteiger partial charge in [-0.25, -0.2) is 4.98 Å². The van der Waals surface area contributed by atoms with Crippen LogP contribution in [0.2, 0.25) is 0 Å². The van der Waals surface area contributed by atoms with Crippen LogP contribution in [0.4, 0.5) is 0 Å². The number of aromatic nitrogens is 3. The molecule has 0 fully saturated rings. The second-order valence-corrected chi connectivity index (χ2v) is 5.85. The number of nitrogens with one attached hydrogen (secondary N) is 2. The number of amides is 1. The molecule has 2 aromatic rings. The highest BCUT2D eigenvalue weighted by molar-refractivity contribution is 8.00. The van der Waals surface area contributed by atoms with Gasteiger partial charge in [0.2, 0.25) is 5.91 Å². The topological polar surface area (TPSA) is 79.9 Å². The summed E-state index contributed by atoms with van der Waals surface area (Å²) < 4.78 is 5.06. The fourth-order valence-corrected chi connectivity index (χ4v) is 2.46. The number of rotatable bonds is 7. The number of carbonyl (C=O) groups excluding carboxylic acids is 1. The Morgan fingerprint density at radius 3 is 2.71 bits per heavy atom. The predicted molar refractivity (Wildman–Crippen MR) is 80.7 cm³/mol. The van der Waals surface area contributed by atoms with Gasteiger partial charge in [0.05, 0.1) is 11.9 Å². The molecule has 1 aromatic carbocycles. The van der Waals surface area contributed by atoms with Gasteiger partial charge in [-0.1, -0.05) is 36.0 Å². The fraction of sp³-hybridized carbons (Fsp3) is 0.357. The van der Waals surface area contributed by atoms with E-state index in [0.717, 1.165) is 11.1 Å². The molecule has 0 saturated carbocycles. The summed E-state index contributed by atoms with van der Waals surface area (Å²) in [5, 5.41) is 9.80. The first kappa shape index (κ1) is 15.5. The lowest BCUT2D eigenvalue weighted by Gasteiger charge is -2.10. The summed E-state index contributed by atoms with van der Waals surface area (Å²) >= 11 is 1.34. The average molecular weight is 306 g/mol. The Kier molecular flexibility index (Phi) is 5.77. The number of hydrogen-bond donors (Lipinski definition) is 2. The van der Waals surface area contributed by atoms with Crippen LogP contribution in [0, 0.1) is 0 Å². The first-order valence-electron chi connectivity index (χ1n) is 6.55. The van der Waals surface area contributed by atoms with Gasteiger partial charge in [-0.3, -0.25) is 9.89 Å². The van der Waals surface area contributed by atoms with Gasteiger partial charge in [0.15, 0.2) is 5.16 Å². The maximum Gasteiger partial charge on any atom is 0.233 e. The Labute approximate surface area is 127 Å². The number of thioether (sulfide) groups is 1. The standard InChI is InChI=1S/C14H18N4O2S/c1-10(21-14-16-9-17-18-14)13(19)15-7-11-3-5-12(6-4-11)8-20-2/h3-6,9-10H,7-8H2,1-2H3,(H,15,19)(H,16,17,18). The molecule has 7 heteroatoms. The molecule has 0 bridgehead atoms. The van der Waals surface area contributed by atoms with Gasteiger partial charge in [-0.15, -0.1) is 0 Å². The number of nitrogens with zero attached hydrogens (tertiary/aromatic N) is 2. The van der Waals surface area contributed by atoms with Crippen LogP contribution in [0.25, 0.3) is 0 Å². The van der Waals surface area contributed by atoms with Crippen molar-refractivity contribution in [3.8, 4) is 0 Å². The van der Waals surface area contributed by atoms with Crippen LogP contribution in [0.15, 0.2) is 35.7 Å². The number of aromatic amines is 1. The zero-order valence-corrected chi connectivity index (χ0v) is 12.8. The molecule has 1 aromatic heterocycles. The third kappa shape index (κ3) is 4.87. The van der Waals surface area contributed by atoms with E-state index in [1.807, 2.05) is 31.2 Å². The summed E-state index contributed by atoms with van der Waals surface area (Å²) in [6.07, 6.45) is 1.43. The van der Waals surface area contributed by atoms with E-state index in [1.54, 1.807) is 7.11 Å². The van der Waals surface area contributed by atoms with E-state index >= 15 is 0 Å². The van der Waals surface area contributed by atoms with E-state index in [-0.39, 0.29) is 11.2 Å². The maximum absolute atomic E-state index is 12.0. The van der Waals surface area contributed by atoms with Crippen LogP contribution in [-0.4, -0.2) is 33.4 Å². The molecule has 112 valence electrons. The molecule has 2 N–H and O–H groups in total. The van der Waals surface area contributed by atoms with Crippen molar-refractivity contribution in [1.29, 1.82) is 0 Å². The molecular formula is C14H18N4O2S. The zero-order valence-electron chi connectivity index (χ0n) is 12.0. The van der Waals surface area contributed by atoms with E-state index in [2.05, 4.69) is 20.5 Å². The van der Waals surface area contributed by atoms with Crippen molar-refractivity contribution in [2.45, 2.75) is 30.5 Å². The van der Waals surface area contributed by atoms with Crippen molar-refractivity contribution in [3.63, 3.8) is 0 Å². The highest BCUT2D eigenvalue weighted by Crippen LogP contribution is 2.18. The lowest BCUT2D eigenvalue weighted by Crippen LogP contribution is -2.30. The second kappa shape index (κ2) is 7.80. The molecule has 6 nitrogen and oxygen atoms in total. The number of ether oxygens (including phenoxy) is 1. The number of methoxy groups -OCH3 is 1. The molecule has 0 aliphatic heterocycles. The van der Waals surface area contributed by atoms with Gasteiger partial charge in [0.1, 0.15) is 6.33 Å². The van der Waals surface area contributed by atoms with E-state index in [0.29, 0.717) is 18.3 Å². The third-order valence-corrected chi connectivity index (χ3v) is 3.84. The Morgan fingerprint density at radius 1 is 1.38 bits per heavy atom. The van der Waals surface area contributed by atoms with Crippen LogP contribution >= 0.6 is 11.8 Å². The first-order chi connectivity index (χ1) is 10.2. The van der Waals surface area contributed by atoms with E-state index in [4.69, 9.17) is 4.74 Å². The van der Waals surface area contributed by atoms with Crippen molar-refractivity contribution in [2.24, 2.45) is 0 Å². The smallest absolute Gasteiger partial charge is 0.233 e. The molecule has 21 heavy (non-hydrogen) atoms. The van der Waals surface area contributed by atoms with Gasteiger partial charge in [0.25, 0.3) is 0 Å². The molecule has 1 heterocycles. The number of H-pyrrole nitrogens is 1. The van der Waals surface area contributed by atoms with Gasteiger partial charge >= 0.3 is 0 Å². The van der Waals surface area contributed by atoms with Crippen LogP contribution in [0.1, 0.15) is 18.1 Å². The highest BCUT2D eigenvalue weighted by atomic mass is 32.2. The van der Waals surface area contributed by atoms with E-state index < -0.39 is 0 Å². The summed E-state index contributed by atoms with van der Waals surface area (Å²) in [7, 11) is 1.67. The summed E-state index contributed by atoms with van der Waals surface area (Å²) in [5.74, 6) is -0.0302. The van der Waals surface area contributed by atoms with Crippen LogP contribution in [-0.2, 0) is 22.7 Å². The SMILES string of the molecule is COCc1ccc(CNC(=O)C(C)Sc2ncn[nH]2)cc1. The van der Waals surface area contributed by atoms with Crippen molar-refractivity contribution in [2.75, 3.05) is 7.11 Å². The van der Waals surface area contributed by atoms with Crippen molar-refractivity contribution < 1.29 is 9.53 Å². The predicted octanol–water partition coefficient (Wildman–Crippen LogP) is 1.75. The van der Waals surface area contributed by atoms with Gasteiger partial charge in [0, 0.05) is 13.7 Å². The van der Waals surface area contributed by atoms with Gasteiger partial charge < -0.3 is 10.1 Å². The normalized spacial score (nSPS) is 12.1.